The number of aryl methyl sites for hydroxylation is 4. The van der Waals surface area contributed by atoms with Crippen LogP contribution >= 0.6 is 11.6 Å². The van der Waals surface area contributed by atoms with Crippen molar-refractivity contribution in [3.63, 3.8) is 0 Å². The van der Waals surface area contributed by atoms with Gasteiger partial charge in [-0.05, 0) is 72.6 Å². The molecule has 0 aromatic heterocycles. The van der Waals surface area contributed by atoms with Crippen LogP contribution in [0.5, 0.6) is 0 Å². The Kier molecular flexibility index (Phi) is 3.57. The highest BCUT2D eigenvalue weighted by molar-refractivity contribution is 6.31. The van der Waals surface area contributed by atoms with Crippen LogP contribution in [0.15, 0.2) is 30.3 Å². The average Bonchev–Trinajstić information content (AvgIpc) is 2.89. The molecule has 1 unspecified atom stereocenters. The molecule has 2 aromatic carbocycles. The number of hydrogen-bond acceptors (Lipinski definition) is 1. The monoisotopic (exact) mass is 285 g/mol. The summed E-state index contributed by atoms with van der Waals surface area (Å²) in [6.45, 7) is 4.11. The van der Waals surface area contributed by atoms with Gasteiger partial charge in [0.1, 0.15) is 0 Å². The first kappa shape index (κ1) is 13.7. The summed E-state index contributed by atoms with van der Waals surface area (Å²) in [5.41, 5.74) is 14.1. The SMILES string of the molecule is Cc1cc(C(N)c2ccc3c(c2)CCC3)c(C)cc1Cl. The lowest BCUT2D eigenvalue weighted by Crippen LogP contribution is -2.14. The van der Waals surface area contributed by atoms with Crippen molar-refractivity contribution in [3.05, 3.63) is 68.7 Å². The molecule has 0 heterocycles. The molecule has 0 bridgehead atoms. The molecule has 3 rings (SSSR count). The summed E-state index contributed by atoms with van der Waals surface area (Å²) < 4.78 is 0. The molecule has 0 amide bonds. The van der Waals surface area contributed by atoms with Gasteiger partial charge in [-0.15, -0.1) is 0 Å². The van der Waals surface area contributed by atoms with E-state index in [1.54, 1.807) is 0 Å². The molecule has 104 valence electrons. The number of hydrogen-bond donors (Lipinski definition) is 1. The molecule has 0 spiro atoms. The summed E-state index contributed by atoms with van der Waals surface area (Å²) in [4.78, 5) is 0. The topological polar surface area (TPSA) is 26.0 Å². The molecule has 0 fully saturated rings. The van der Waals surface area contributed by atoms with Gasteiger partial charge in [0.15, 0.2) is 0 Å². The van der Waals surface area contributed by atoms with Crippen LogP contribution < -0.4 is 5.73 Å². The Morgan fingerprint density at radius 2 is 1.75 bits per heavy atom. The Balaban J connectivity index is 2.00. The number of nitrogens with two attached hydrogens (primary N) is 1. The molecular formula is C18H20ClN. The first-order chi connectivity index (χ1) is 9.56. The molecule has 20 heavy (non-hydrogen) atoms. The lowest BCUT2D eigenvalue weighted by atomic mass is 9.92. The average molecular weight is 286 g/mol. The third-order valence-electron chi connectivity index (χ3n) is 4.36. The van der Waals surface area contributed by atoms with E-state index in [0.717, 1.165) is 16.1 Å². The fourth-order valence-electron chi connectivity index (χ4n) is 3.10. The van der Waals surface area contributed by atoms with Crippen LogP contribution in [-0.2, 0) is 12.8 Å². The van der Waals surface area contributed by atoms with Crippen LogP contribution in [0.4, 0.5) is 0 Å². The molecule has 1 aliphatic rings. The zero-order valence-electron chi connectivity index (χ0n) is 12.0. The molecule has 1 aliphatic carbocycles. The van der Waals surface area contributed by atoms with Gasteiger partial charge >= 0.3 is 0 Å². The number of fused-ring (bicyclic) bond motifs is 1. The van der Waals surface area contributed by atoms with Crippen LogP contribution in [0.25, 0.3) is 0 Å². The Labute approximate surface area is 125 Å². The first-order valence-corrected chi connectivity index (χ1v) is 7.58. The number of benzene rings is 2. The number of rotatable bonds is 2. The highest BCUT2D eigenvalue weighted by Crippen LogP contribution is 2.30. The van der Waals surface area contributed by atoms with E-state index in [1.807, 2.05) is 13.0 Å². The summed E-state index contributed by atoms with van der Waals surface area (Å²) in [5, 5.41) is 0.812. The number of halogens is 1. The van der Waals surface area contributed by atoms with Crippen molar-refractivity contribution in [1.82, 2.24) is 0 Å². The van der Waals surface area contributed by atoms with E-state index in [9.17, 15) is 0 Å². The zero-order chi connectivity index (χ0) is 14.3. The molecule has 0 radical (unpaired) electrons. The summed E-state index contributed by atoms with van der Waals surface area (Å²) >= 11 is 6.17. The van der Waals surface area contributed by atoms with Crippen LogP contribution in [0, 0.1) is 13.8 Å². The lowest BCUT2D eigenvalue weighted by Gasteiger charge is -2.18. The van der Waals surface area contributed by atoms with Gasteiger partial charge in [0.25, 0.3) is 0 Å². The van der Waals surface area contributed by atoms with E-state index in [2.05, 4.69) is 31.2 Å². The molecule has 1 nitrogen and oxygen atoms in total. The minimum Gasteiger partial charge on any atom is -0.320 e. The fourth-order valence-corrected chi connectivity index (χ4v) is 3.32. The molecule has 0 saturated carbocycles. The van der Waals surface area contributed by atoms with E-state index < -0.39 is 0 Å². The van der Waals surface area contributed by atoms with Crippen molar-refractivity contribution in [3.8, 4) is 0 Å². The van der Waals surface area contributed by atoms with Gasteiger partial charge in [-0.1, -0.05) is 35.9 Å². The van der Waals surface area contributed by atoms with Gasteiger partial charge in [-0.3, -0.25) is 0 Å². The van der Waals surface area contributed by atoms with Crippen molar-refractivity contribution in [2.75, 3.05) is 0 Å². The maximum atomic E-state index is 6.49. The molecular weight excluding hydrogens is 266 g/mol. The van der Waals surface area contributed by atoms with Crippen LogP contribution in [-0.4, -0.2) is 0 Å². The van der Waals surface area contributed by atoms with Gasteiger partial charge in [0.05, 0.1) is 6.04 Å². The Morgan fingerprint density at radius 1 is 1.00 bits per heavy atom. The first-order valence-electron chi connectivity index (χ1n) is 7.20. The fraction of sp³-hybridized carbons (Fsp3) is 0.333. The van der Waals surface area contributed by atoms with Crippen molar-refractivity contribution >= 4 is 11.6 Å². The van der Waals surface area contributed by atoms with E-state index in [1.165, 1.54) is 41.5 Å². The minimum atomic E-state index is -0.0723. The van der Waals surface area contributed by atoms with Gasteiger partial charge in [-0.25, -0.2) is 0 Å². The molecule has 0 saturated heterocycles. The van der Waals surface area contributed by atoms with Gasteiger partial charge in [-0.2, -0.15) is 0 Å². The van der Waals surface area contributed by atoms with Crippen molar-refractivity contribution < 1.29 is 0 Å². The second-order valence-electron chi connectivity index (χ2n) is 5.82. The second-order valence-corrected chi connectivity index (χ2v) is 6.22. The quantitative estimate of drug-likeness (QED) is 0.864. The standard InChI is InChI=1S/C18H20ClN/c1-11-9-17(19)12(2)8-16(11)18(20)15-7-6-13-4-3-5-14(13)10-15/h6-10,18H,3-5,20H2,1-2H3. The van der Waals surface area contributed by atoms with Crippen molar-refractivity contribution in [1.29, 1.82) is 0 Å². The van der Waals surface area contributed by atoms with Gasteiger partial charge in [0, 0.05) is 5.02 Å². The molecule has 2 heteroatoms. The second kappa shape index (κ2) is 5.23. The van der Waals surface area contributed by atoms with Crippen LogP contribution in [0.1, 0.15) is 45.8 Å². The molecule has 1 atom stereocenters. The predicted octanol–water partition coefficient (Wildman–Crippen LogP) is 4.49. The maximum absolute atomic E-state index is 6.49. The van der Waals surface area contributed by atoms with Gasteiger partial charge < -0.3 is 5.73 Å². The zero-order valence-corrected chi connectivity index (χ0v) is 12.8. The molecule has 2 N–H and O–H groups in total. The van der Waals surface area contributed by atoms with Crippen LogP contribution in [0.2, 0.25) is 5.02 Å². The van der Waals surface area contributed by atoms with E-state index >= 15 is 0 Å². The Hall–Kier alpha value is -1.31. The lowest BCUT2D eigenvalue weighted by molar-refractivity contribution is 0.856. The summed E-state index contributed by atoms with van der Waals surface area (Å²) in [6.07, 6.45) is 3.67. The minimum absolute atomic E-state index is 0.0723. The smallest absolute Gasteiger partial charge is 0.0554 e. The summed E-state index contributed by atoms with van der Waals surface area (Å²) in [5.74, 6) is 0. The molecule has 0 aliphatic heterocycles. The maximum Gasteiger partial charge on any atom is 0.0554 e. The third kappa shape index (κ3) is 2.36. The summed E-state index contributed by atoms with van der Waals surface area (Å²) in [6, 6.07) is 10.8. The Morgan fingerprint density at radius 3 is 2.55 bits per heavy atom. The van der Waals surface area contributed by atoms with E-state index in [4.69, 9.17) is 17.3 Å². The third-order valence-corrected chi connectivity index (χ3v) is 4.77. The summed E-state index contributed by atoms with van der Waals surface area (Å²) in [7, 11) is 0. The van der Waals surface area contributed by atoms with Gasteiger partial charge in [0.2, 0.25) is 0 Å². The predicted molar refractivity (Wildman–Crippen MR) is 85.4 cm³/mol. The normalized spacial score (nSPS) is 15.2. The highest BCUT2D eigenvalue weighted by atomic mass is 35.5. The largest absolute Gasteiger partial charge is 0.320 e. The highest BCUT2D eigenvalue weighted by Gasteiger charge is 2.16. The van der Waals surface area contributed by atoms with Crippen LogP contribution in [0.3, 0.4) is 0 Å². The van der Waals surface area contributed by atoms with Crippen molar-refractivity contribution in [2.45, 2.75) is 39.2 Å². The van der Waals surface area contributed by atoms with E-state index in [0.29, 0.717) is 0 Å². The molecule has 2 aromatic rings. The van der Waals surface area contributed by atoms with Crippen molar-refractivity contribution in [2.24, 2.45) is 5.73 Å². The van der Waals surface area contributed by atoms with E-state index in [-0.39, 0.29) is 6.04 Å². The Bertz CT molecular complexity index is 661.